The van der Waals surface area contributed by atoms with Gasteiger partial charge in [0.25, 0.3) is 10.0 Å². The molecule has 12 heteroatoms. The summed E-state index contributed by atoms with van der Waals surface area (Å²) in [6.45, 7) is 0. The molecule has 2 aromatic carbocycles. The molecule has 0 amide bonds. The Morgan fingerprint density at radius 1 is 1.11 bits per heavy atom. The van der Waals surface area contributed by atoms with Gasteiger partial charge in [0.05, 0.1) is 0 Å². The number of anilines is 1. The Morgan fingerprint density at radius 2 is 1.85 bits per heavy atom. The monoisotopic (exact) mass is 399 g/mol. The molecule has 0 unspecified atom stereocenters. The summed E-state index contributed by atoms with van der Waals surface area (Å²) in [6.07, 6.45) is -5.02. The summed E-state index contributed by atoms with van der Waals surface area (Å²) >= 11 is 0. The van der Waals surface area contributed by atoms with Crippen LogP contribution < -0.4 is 9.46 Å². The van der Waals surface area contributed by atoms with Crippen LogP contribution in [0.3, 0.4) is 0 Å². The van der Waals surface area contributed by atoms with Crippen molar-refractivity contribution in [3.05, 3.63) is 48.5 Å². The van der Waals surface area contributed by atoms with E-state index in [9.17, 15) is 21.6 Å². The lowest BCUT2D eigenvalue weighted by Gasteiger charge is -2.14. The molecule has 1 aromatic heterocycles. The Bertz CT molecular complexity index is 1070. The van der Waals surface area contributed by atoms with Gasteiger partial charge >= 0.3 is 6.36 Å². The zero-order valence-corrected chi connectivity index (χ0v) is 14.5. The third kappa shape index (κ3) is 4.34. The van der Waals surface area contributed by atoms with Crippen LogP contribution in [-0.2, 0) is 17.1 Å². The highest BCUT2D eigenvalue weighted by atomic mass is 32.2. The number of rotatable bonds is 5. The van der Waals surface area contributed by atoms with Crippen molar-refractivity contribution in [1.82, 2.24) is 20.2 Å². The molecule has 0 saturated carbocycles. The molecule has 142 valence electrons. The molecule has 0 radical (unpaired) electrons. The summed E-state index contributed by atoms with van der Waals surface area (Å²) in [6, 6.07) is 10.6. The van der Waals surface area contributed by atoms with Gasteiger partial charge in [0.1, 0.15) is 10.6 Å². The van der Waals surface area contributed by atoms with Crippen LogP contribution in [0.4, 0.5) is 18.9 Å². The van der Waals surface area contributed by atoms with Crippen molar-refractivity contribution in [2.75, 3.05) is 4.72 Å². The number of sulfonamides is 1. The van der Waals surface area contributed by atoms with Crippen LogP contribution in [0.1, 0.15) is 0 Å². The van der Waals surface area contributed by atoms with E-state index in [1.54, 1.807) is 19.2 Å². The van der Waals surface area contributed by atoms with E-state index in [2.05, 4.69) is 25.0 Å². The SMILES string of the molecule is Cn1nnnc1-c1cccc(NS(=O)(=O)c2ccccc2OC(F)(F)F)c1. The lowest BCUT2D eigenvalue weighted by Crippen LogP contribution is -2.20. The van der Waals surface area contributed by atoms with Gasteiger partial charge in [-0.1, -0.05) is 24.3 Å². The average molecular weight is 399 g/mol. The van der Waals surface area contributed by atoms with Gasteiger partial charge in [-0.3, -0.25) is 4.72 Å². The van der Waals surface area contributed by atoms with Crippen LogP contribution in [0, 0.1) is 0 Å². The molecule has 0 aliphatic rings. The van der Waals surface area contributed by atoms with Crippen LogP contribution in [-0.4, -0.2) is 35.0 Å². The fourth-order valence-electron chi connectivity index (χ4n) is 2.29. The third-order valence-corrected chi connectivity index (χ3v) is 4.78. The highest BCUT2D eigenvalue weighted by Crippen LogP contribution is 2.31. The number of alkyl halides is 3. The first-order valence-corrected chi connectivity index (χ1v) is 8.84. The summed E-state index contributed by atoms with van der Waals surface area (Å²) in [5, 5.41) is 11.0. The molecule has 0 bridgehead atoms. The molecule has 1 heterocycles. The third-order valence-electron chi connectivity index (χ3n) is 3.36. The number of nitrogens with one attached hydrogen (secondary N) is 1. The van der Waals surface area contributed by atoms with E-state index in [0.29, 0.717) is 11.4 Å². The van der Waals surface area contributed by atoms with E-state index in [-0.39, 0.29) is 5.69 Å². The minimum absolute atomic E-state index is 0.123. The van der Waals surface area contributed by atoms with Crippen LogP contribution in [0.5, 0.6) is 5.75 Å². The number of tetrazole rings is 1. The molecule has 8 nitrogen and oxygen atoms in total. The Hall–Kier alpha value is -3.15. The predicted molar refractivity (Wildman–Crippen MR) is 88.2 cm³/mol. The van der Waals surface area contributed by atoms with Gasteiger partial charge in [-0.05, 0) is 34.7 Å². The second kappa shape index (κ2) is 6.87. The maximum absolute atomic E-state index is 12.6. The zero-order valence-electron chi connectivity index (χ0n) is 13.7. The Balaban J connectivity index is 1.94. The van der Waals surface area contributed by atoms with E-state index in [1.165, 1.54) is 28.9 Å². The number of aromatic nitrogens is 4. The molecule has 3 aromatic rings. The van der Waals surface area contributed by atoms with Gasteiger partial charge in [-0.2, -0.15) is 0 Å². The van der Waals surface area contributed by atoms with Crippen LogP contribution in [0.15, 0.2) is 53.4 Å². The molecule has 27 heavy (non-hydrogen) atoms. The Labute approximate surface area is 151 Å². The van der Waals surface area contributed by atoms with Gasteiger partial charge in [-0.25, -0.2) is 13.1 Å². The number of hydrogen-bond donors (Lipinski definition) is 1. The number of halogens is 3. The fourth-order valence-corrected chi connectivity index (χ4v) is 3.47. The minimum Gasteiger partial charge on any atom is -0.404 e. The summed E-state index contributed by atoms with van der Waals surface area (Å²) in [7, 11) is -2.74. The fraction of sp³-hybridized carbons (Fsp3) is 0.133. The lowest BCUT2D eigenvalue weighted by atomic mass is 10.2. The van der Waals surface area contributed by atoms with Crippen LogP contribution in [0.25, 0.3) is 11.4 Å². The molecule has 1 N–H and O–H groups in total. The lowest BCUT2D eigenvalue weighted by molar-refractivity contribution is -0.275. The molecule has 0 aliphatic heterocycles. The molecular formula is C15H12F3N5O3S. The van der Waals surface area contributed by atoms with Crippen molar-refractivity contribution in [3.8, 4) is 17.1 Å². The van der Waals surface area contributed by atoms with Gasteiger partial charge in [0.15, 0.2) is 5.82 Å². The largest absolute Gasteiger partial charge is 0.573 e. The van der Waals surface area contributed by atoms with Gasteiger partial charge < -0.3 is 4.74 Å². The summed E-state index contributed by atoms with van der Waals surface area (Å²) < 4.78 is 70.1. The van der Waals surface area contributed by atoms with Gasteiger partial charge in [-0.15, -0.1) is 18.3 Å². The standard InChI is InChI=1S/C15H12F3N5O3S/c1-23-14(19-21-22-23)10-5-4-6-11(9-10)20-27(24,25)13-8-3-2-7-12(13)26-15(16,17)18/h2-9,20H,1H3. The van der Waals surface area contributed by atoms with Crippen molar-refractivity contribution in [2.24, 2.45) is 7.05 Å². The molecule has 0 saturated heterocycles. The first kappa shape index (κ1) is 18.6. The molecule has 3 rings (SSSR count). The molecular weight excluding hydrogens is 387 g/mol. The molecule has 0 atom stereocenters. The highest BCUT2D eigenvalue weighted by Gasteiger charge is 2.34. The number of aryl methyl sites for hydroxylation is 1. The number of hydrogen-bond acceptors (Lipinski definition) is 6. The van der Waals surface area contributed by atoms with E-state index in [4.69, 9.17) is 0 Å². The molecule has 0 aliphatic carbocycles. The quantitative estimate of drug-likeness (QED) is 0.708. The predicted octanol–water partition coefficient (Wildman–Crippen LogP) is 2.58. The minimum atomic E-state index is -5.02. The van der Waals surface area contributed by atoms with Crippen molar-refractivity contribution >= 4 is 15.7 Å². The number of ether oxygens (including phenoxy) is 1. The van der Waals surface area contributed by atoms with E-state index >= 15 is 0 Å². The number of para-hydroxylation sites is 1. The van der Waals surface area contributed by atoms with E-state index < -0.39 is 27.0 Å². The number of nitrogens with zero attached hydrogens (tertiary/aromatic N) is 4. The number of benzene rings is 2. The average Bonchev–Trinajstić information content (AvgIpc) is 2.99. The Kier molecular flexibility index (Phi) is 4.74. The highest BCUT2D eigenvalue weighted by molar-refractivity contribution is 7.92. The first-order valence-electron chi connectivity index (χ1n) is 7.36. The van der Waals surface area contributed by atoms with Gasteiger partial charge in [0.2, 0.25) is 0 Å². The van der Waals surface area contributed by atoms with Gasteiger partial charge in [0, 0.05) is 18.3 Å². The van der Waals surface area contributed by atoms with E-state index in [1.807, 2.05) is 0 Å². The van der Waals surface area contributed by atoms with Crippen molar-refractivity contribution < 1.29 is 26.3 Å². The summed E-state index contributed by atoms with van der Waals surface area (Å²) in [5.41, 5.74) is 0.639. The van der Waals surface area contributed by atoms with Crippen LogP contribution >= 0.6 is 0 Å². The Morgan fingerprint density at radius 3 is 2.52 bits per heavy atom. The summed E-state index contributed by atoms with van der Waals surface area (Å²) in [4.78, 5) is -0.645. The molecule has 0 spiro atoms. The zero-order chi connectivity index (χ0) is 19.7. The van der Waals surface area contributed by atoms with Crippen molar-refractivity contribution in [2.45, 2.75) is 11.3 Å². The second-order valence-electron chi connectivity index (χ2n) is 5.31. The second-order valence-corrected chi connectivity index (χ2v) is 6.96. The van der Waals surface area contributed by atoms with Crippen molar-refractivity contribution in [1.29, 1.82) is 0 Å². The maximum atomic E-state index is 12.6. The maximum Gasteiger partial charge on any atom is 0.573 e. The first-order chi connectivity index (χ1) is 12.7. The van der Waals surface area contributed by atoms with E-state index in [0.717, 1.165) is 12.1 Å². The topological polar surface area (TPSA) is 99.0 Å². The van der Waals surface area contributed by atoms with Crippen LogP contribution in [0.2, 0.25) is 0 Å². The normalized spacial score (nSPS) is 12.0. The summed E-state index contributed by atoms with van der Waals surface area (Å²) in [5.74, 6) is -0.442. The smallest absolute Gasteiger partial charge is 0.404 e. The molecule has 0 fully saturated rings. The van der Waals surface area contributed by atoms with Crippen molar-refractivity contribution in [3.63, 3.8) is 0 Å².